The predicted molar refractivity (Wildman–Crippen MR) is 143 cm³/mol. The Labute approximate surface area is 235 Å². The van der Waals surface area contributed by atoms with E-state index in [-0.39, 0.29) is 35.7 Å². The first kappa shape index (κ1) is 27.0. The van der Waals surface area contributed by atoms with Gasteiger partial charge in [0.15, 0.2) is 0 Å². The lowest BCUT2D eigenvalue weighted by atomic mass is 9.46. The van der Waals surface area contributed by atoms with Crippen LogP contribution >= 0.6 is 0 Å². The first-order chi connectivity index (χ1) is 19.3. The monoisotopic (exact) mass is 555 g/mol. The van der Waals surface area contributed by atoms with E-state index in [0.29, 0.717) is 18.6 Å². The van der Waals surface area contributed by atoms with Crippen molar-refractivity contribution in [2.24, 2.45) is 28.6 Å². The van der Waals surface area contributed by atoms with Crippen molar-refractivity contribution in [1.82, 2.24) is 4.90 Å². The molecule has 9 heteroatoms. The molecule has 0 unspecified atom stereocenters. The SMILES string of the molecule is CCN1C[C@]2(COC)CC[C@H](OC)[C@]34[C@@H]5C[C@]6(O)[C@H](OC(=O)c7ccccc7)[C@@H]5C(=C[C@H](O[C@@H]13)[C@H]24)[C@@H](O)[C@@H]6OC. The molecule has 7 bridgehead atoms. The quantitative estimate of drug-likeness (QED) is 0.386. The van der Waals surface area contributed by atoms with Gasteiger partial charge in [-0.1, -0.05) is 31.2 Å². The Hall–Kier alpha value is -1.85. The summed E-state index contributed by atoms with van der Waals surface area (Å²) in [7, 11) is 5.04. The van der Waals surface area contributed by atoms with Gasteiger partial charge < -0.3 is 33.9 Å². The van der Waals surface area contributed by atoms with Crippen molar-refractivity contribution >= 4 is 5.97 Å². The lowest BCUT2D eigenvalue weighted by molar-refractivity contribution is -0.246. The van der Waals surface area contributed by atoms with E-state index in [0.717, 1.165) is 31.5 Å². The number of carbonyl (C=O) groups excluding carboxylic acids is 1. The topological polar surface area (TPSA) is 107 Å². The van der Waals surface area contributed by atoms with E-state index in [1.54, 1.807) is 38.5 Å². The van der Waals surface area contributed by atoms with Crippen molar-refractivity contribution in [2.75, 3.05) is 41.0 Å². The average Bonchev–Trinajstić information content (AvgIpc) is 3.30. The number of ether oxygens (including phenoxy) is 5. The molecule has 1 aromatic carbocycles. The van der Waals surface area contributed by atoms with Crippen LogP contribution in [0.1, 0.15) is 36.5 Å². The molecule has 0 spiro atoms. The largest absolute Gasteiger partial charge is 0.455 e. The van der Waals surface area contributed by atoms with Crippen molar-refractivity contribution in [1.29, 1.82) is 0 Å². The minimum Gasteiger partial charge on any atom is -0.455 e. The Balaban J connectivity index is 1.42. The molecular weight excluding hydrogens is 514 g/mol. The van der Waals surface area contributed by atoms with Gasteiger partial charge in [0, 0.05) is 50.5 Å². The zero-order valence-electron chi connectivity index (χ0n) is 23.7. The van der Waals surface area contributed by atoms with E-state index < -0.39 is 41.2 Å². The number of aliphatic hydroxyl groups excluding tert-OH is 1. The maximum Gasteiger partial charge on any atom is 0.338 e. The summed E-state index contributed by atoms with van der Waals surface area (Å²) < 4.78 is 31.3. The lowest BCUT2D eigenvalue weighted by Crippen LogP contribution is -2.71. The van der Waals surface area contributed by atoms with Gasteiger partial charge in [0.05, 0.1) is 24.4 Å². The van der Waals surface area contributed by atoms with Gasteiger partial charge in [0.25, 0.3) is 0 Å². The number of carbonyl (C=O) groups is 1. The summed E-state index contributed by atoms with van der Waals surface area (Å²) in [4.78, 5) is 15.9. The van der Waals surface area contributed by atoms with Crippen molar-refractivity contribution < 1.29 is 38.7 Å². The predicted octanol–water partition coefficient (Wildman–Crippen LogP) is 2.01. The van der Waals surface area contributed by atoms with Crippen LogP contribution in [0.15, 0.2) is 42.0 Å². The maximum absolute atomic E-state index is 13.4. The van der Waals surface area contributed by atoms with Crippen LogP contribution in [0.4, 0.5) is 0 Å². The van der Waals surface area contributed by atoms with Crippen molar-refractivity contribution in [3.63, 3.8) is 0 Å². The molecule has 12 atom stereocenters. The molecule has 218 valence electrons. The van der Waals surface area contributed by atoms with Crippen LogP contribution in [0.2, 0.25) is 0 Å². The van der Waals surface area contributed by atoms with Crippen molar-refractivity contribution in [2.45, 2.75) is 68.5 Å². The lowest BCUT2D eigenvalue weighted by Gasteiger charge is -2.64. The van der Waals surface area contributed by atoms with Gasteiger partial charge in [0.1, 0.15) is 30.1 Å². The fourth-order valence-electron chi connectivity index (χ4n) is 10.4. The van der Waals surface area contributed by atoms with Gasteiger partial charge in [-0.3, -0.25) is 4.90 Å². The van der Waals surface area contributed by atoms with E-state index in [9.17, 15) is 15.0 Å². The number of rotatable bonds is 7. The summed E-state index contributed by atoms with van der Waals surface area (Å²) in [5.41, 5.74) is -1.09. The second-order valence-electron chi connectivity index (χ2n) is 12.8. The van der Waals surface area contributed by atoms with Crippen LogP contribution < -0.4 is 0 Å². The standard InChI is InChI=1S/C31H41NO8/c1-5-32-15-29(16-36-2)12-11-21(37-3)31-19-14-30(35)25(40-27(34)17-9-7-6-8-10-17)22(19)18(23(33)26(30)38-4)13-20(24(29)31)39-28(31)32/h6-10,13,19-26,28,33,35H,5,11-12,14-16H2,1-4H3/t19-,20+,21+,22-,23-,24-,25-,26+,28-,29+,30+,31+/m1/s1. The molecule has 3 saturated carbocycles. The van der Waals surface area contributed by atoms with Gasteiger partial charge in [-0.15, -0.1) is 0 Å². The average molecular weight is 556 g/mol. The Morgan fingerprint density at radius 3 is 2.60 bits per heavy atom. The van der Waals surface area contributed by atoms with E-state index >= 15 is 0 Å². The number of methoxy groups -OCH3 is 3. The minimum absolute atomic E-state index is 0.0653. The fourth-order valence-corrected chi connectivity index (χ4v) is 10.4. The van der Waals surface area contributed by atoms with Gasteiger partial charge >= 0.3 is 5.97 Å². The molecule has 0 amide bonds. The summed E-state index contributed by atoms with van der Waals surface area (Å²) in [5, 5.41) is 24.2. The molecular formula is C31H41NO8. The van der Waals surface area contributed by atoms with E-state index in [1.807, 2.05) is 6.07 Å². The maximum atomic E-state index is 13.4. The summed E-state index contributed by atoms with van der Waals surface area (Å²) in [5.74, 6) is -0.999. The molecule has 2 saturated heterocycles. The highest BCUT2D eigenvalue weighted by Crippen LogP contribution is 2.74. The van der Waals surface area contributed by atoms with E-state index in [2.05, 4.69) is 17.9 Å². The van der Waals surface area contributed by atoms with Crippen LogP contribution in [0.5, 0.6) is 0 Å². The highest BCUT2D eigenvalue weighted by atomic mass is 16.6. The summed E-state index contributed by atoms with van der Waals surface area (Å²) in [6, 6.07) is 8.86. The highest BCUT2D eigenvalue weighted by molar-refractivity contribution is 5.89. The number of aliphatic hydroxyl groups is 2. The highest BCUT2D eigenvalue weighted by Gasteiger charge is 2.81. The molecule has 2 N–H and O–H groups in total. The van der Waals surface area contributed by atoms with Crippen LogP contribution in [-0.2, 0) is 23.7 Å². The number of nitrogens with zero attached hydrogens (tertiary/aromatic N) is 1. The first-order valence-corrected chi connectivity index (χ1v) is 14.6. The van der Waals surface area contributed by atoms with Crippen LogP contribution in [0.25, 0.3) is 0 Å². The third kappa shape index (κ3) is 3.20. The van der Waals surface area contributed by atoms with E-state index in [4.69, 9.17) is 23.7 Å². The number of likely N-dealkylation sites (tertiary alicyclic amines) is 1. The van der Waals surface area contributed by atoms with Gasteiger partial charge in [0.2, 0.25) is 0 Å². The first-order valence-electron chi connectivity index (χ1n) is 14.6. The van der Waals surface area contributed by atoms with Crippen LogP contribution in [-0.4, -0.2) is 104 Å². The normalized spacial score (nSPS) is 48.5. The number of fused-ring (bicyclic) bond motifs is 1. The summed E-state index contributed by atoms with van der Waals surface area (Å²) >= 11 is 0. The van der Waals surface area contributed by atoms with Gasteiger partial charge in [-0.05, 0) is 49.4 Å². The molecule has 1 aromatic rings. The molecule has 40 heavy (non-hydrogen) atoms. The molecule has 0 radical (unpaired) electrons. The number of piperidine rings is 1. The zero-order valence-corrected chi connectivity index (χ0v) is 23.7. The molecule has 2 heterocycles. The van der Waals surface area contributed by atoms with Crippen molar-refractivity contribution in [3.8, 4) is 0 Å². The Kier molecular flexibility index (Phi) is 6.30. The fraction of sp³-hybridized carbons (Fsp3) is 0.710. The van der Waals surface area contributed by atoms with Crippen molar-refractivity contribution in [3.05, 3.63) is 47.5 Å². The Morgan fingerprint density at radius 2 is 1.93 bits per heavy atom. The Morgan fingerprint density at radius 1 is 1.15 bits per heavy atom. The second kappa shape index (κ2) is 9.33. The zero-order chi connectivity index (χ0) is 28.0. The third-order valence-corrected chi connectivity index (χ3v) is 11.5. The second-order valence-corrected chi connectivity index (χ2v) is 12.8. The third-order valence-electron chi connectivity index (χ3n) is 11.5. The Bertz CT molecular complexity index is 1190. The molecule has 6 aliphatic rings. The number of hydrogen-bond donors (Lipinski definition) is 2. The van der Waals surface area contributed by atoms with Crippen LogP contribution in [0, 0.1) is 28.6 Å². The smallest absolute Gasteiger partial charge is 0.338 e. The molecule has 0 aromatic heterocycles. The summed E-state index contributed by atoms with van der Waals surface area (Å²) in [6.45, 7) is 4.43. The minimum atomic E-state index is -1.58. The number of benzene rings is 1. The van der Waals surface area contributed by atoms with E-state index in [1.165, 1.54) is 7.11 Å². The molecule has 9 nitrogen and oxygen atoms in total. The van der Waals surface area contributed by atoms with Gasteiger partial charge in [-0.25, -0.2) is 4.79 Å². The summed E-state index contributed by atoms with van der Waals surface area (Å²) in [6.07, 6.45) is 0.683. The molecule has 2 aliphatic heterocycles. The van der Waals surface area contributed by atoms with Gasteiger partial charge in [-0.2, -0.15) is 0 Å². The molecule has 7 rings (SSSR count). The molecule has 5 fully saturated rings. The van der Waals surface area contributed by atoms with Crippen LogP contribution in [0.3, 0.4) is 0 Å². The molecule has 4 aliphatic carbocycles. The number of esters is 1. The number of hydrogen-bond acceptors (Lipinski definition) is 9.